The average molecular weight is 183 g/mol. The van der Waals surface area contributed by atoms with Crippen LogP contribution in [0, 0.1) is 5.41 Å². The van der Waals surface area contributed by atoms with Gasteiger partial charge in [0, 0.05) is 12.0 Å². The van der Waals surface area contributed by atoms with Crippen LogP contribution < -0.4 is 11.1 Å². The van der Waals surface area contributed by atoms with Crippen molar-refractivity contribution in [3.8, 4) is 0 Å². The fraction of sp³-hybridized carbons (Fsp3) is 0.800. The molecule has 0 aliphatic carbocycles. The highest BCUT2D eigenvalue weighted by Gasteiger charge is 2.37. The van der Waals surface area contributed by atoms with Crippen LogP contribution in [0.1, 0.15) is 12.8 Å². The van der Waals surface area contributed by atoms with Gasteiger partial charge >= 0.3 is 0 Å². The van der Waals surface area contributed by atoms with E-state index in [-0.39, 0.29) is 11.6 Å². The summed E-state index contributed by atoms with van der Waals surface area (Å²) in [5, 5.41) is 3.18. The second-order valence-corrected chi connectivity index (χ2v) is 4.11. The van der Waals surface area contributed by atoms with Gasteiger partial charge in [-0.05, 0) is 33.5 Å². The van der Waals surface area contributed by atoms with Crippen molar-refractivity contribution in [1.82, 2.24) is 10.2 Å². The quantitative estimate of drug-likeness (QED) is 0.619. The zero-order valence-electron chi connectivity index (χ0n) is 8.71. The molecule has 3 N–H and O–H groups in total. The van der Waals surface area contributed by atoms with E-state index in [1.807, 2.05) is 7.05 Å². The lowest BCUT2D eigenvalue weighted by Crippen LogP contribution is -2.32. The molecule has 1 aliphatic rings. The molecule has 1 aliphatic heterocycles. The van der Waals surface area contributed by atoms with Crippen molar-refractivity contribution in [2.75, 3.05) is 27.2 Å². The van der Waals surface area contributed by atoms with Crippen LogP contribution in [0.3, 0.4) is 0 Å². The zero-order chi connectivity index (χ0) is 9.90. The Bertz CT molecular complexity index is 169. The molecule has 1 saturated heterocycles. The Morgan fingerprint density at radius 3 is 2.85 bits per heavy atom. The summed E-state index contributed by atoms with van der Waals surface area (Å²) < 4.78 is 0. The Kier molecular flexibility index (Phi) is 3.47. The van der Waals surface area contributed by atoms with E-state index in [9.17, 15) is 0 Å². The van der Waals surface area contributed by atoms with Gasteiger partial charge in [-0.2, -0.15) is 0 Å². The topological polar surface area (TPSA) is 41.3 Å². The summed E-state index contributed by atoms with van der Waals surface area (Å²) in [6.45, 7) is 6.00. The highest BCUT2D eigenvalue weighted by molar-refractivity contribution is 5.03. The van der Waals surface area contributed by atoms with Gasteiger partial charge in [-0.15, -0.1) is 6.58 Å². The molecule has 0 amide bonds. The van der Waals surface area contributed by atoms with E-state index in [0.717, 1.165) is 25.9 Å². The second kappa shape index (κ2) is 4.22. The molecule has 1 heterocycles. The van der Waals surface area contributed by atoms with Crippen molar-refractivity contribution >= 4 is 0 Å². The molecule has 3 heteroatoms. The van der Waals surface area contributed by atoms with Crippen molar-refractivity contribution in [1.29, 1.82) is 0 Å². The first-order chi connectivity index (χ1) is 6.13. The van der Waals surface area contributed by atoms with Crippen molar-refractivity contribution in [2.45, 2.75) is 19.0 Å². The molecule has 13 heavy (non-hydrogen) atoms. The van der Waals surface area contributed by atoms with E-state index in [1.165, 1.54) is 0 Å². The first-order valence-electron chi connectivity index (χ1n) is 4.87. The summed E-state index contributed by atoms with van der Waals surface area (Å²) in [6.07, 6.45) is 4.45. The van der Waals surface area contributed by atoms with Gasteiger partial charge in [-0.1, -0.05) is 6.08 Å². The molecule has 0 spiro atoms. The highest BCUT2D eigenvalue weighted by Crippen LogP contribution is 2.36. The Hall–Kier alpha value is -0.380. The van der Waals surface area contributed by atoms with Gasteiger partial charge in [0.2, 0.25) is 0 Å². The predicted molar refractivity (Wildman–Crippen MR) is 56.4 cm³/mol. The van der Waals surface area contributed by atoms with E-state index >= 15 is 0 Å². The Morgan fingerprint density at radius 1 is 1.77 bits per heavy atom. The van der Waals surface area contributed by atoms with Gasteiger partial charge in [-0.3, -0.25) is 4.90 Å². The summed E-state index contributed by atoms with van der Waals surface area (Å²) in [6, 6.07) is 0. The third kappa shape index (κ3) is 2.30. The SMILES string of the molecule is C=CC1(CCNC)CC(N)N(C)C1. The molecule has 1 fully saturated rings. The maximum Gasteiger partial charge on any atom is 0.0578 e. The molecular weight excluding hydrogens is 162 g/mol. The third-order valence-electron chi connectivity index (χ3n) is 3.05. The van der Waals surface area contributed by atoms with Gasteiger partial charge in [0.25, 0.3) is 0 Å². The zero-order valence-corrected chi connectivity index (χ0v) is 8.71. The number of nitrogens with zero attached hydrogens (tertiary/aromatic N) is 1. The summed E-state index contributed by atoms with van der Waals surface area (Å²) in [5.74, 6) is 0. The van der Waals surface area contributed by atoms with Crippen molar-refractivity contribution in [3.05, 3.63) is 12.7 Å². The number of hydrogen-bond acceptors (Lipinski definition) is 3. The normalized spacial score (nSPS) is 35.2. The lowest BCUT2D eigenvalue weighted by Gasteiger charge is -2.24. The second-order valence-electron chi connectivity index (χ2n) is 4.11. The van der Waals surface area contributed by atoms with Crippen molar-refractivity contribution in [3.63, 3.8) is 0 Å². The number of hydrogen-bond donors (Lipinski definition) is 2. The van der Waals surface area contributed by atoms with Crippen molar-refractivity contribution in [2.24, 2.45) is 11.1 Å². The Morgan fingerprint density at radius 2 is 2.46 bits per heavy atom. The van der Waals surface area contributed by atoms with Gasteiger partial charge in [0.1, 0.15) is 0 Å². The predicted octanol–water partition coefficient (Wildman–Crippen LogP) is 0.389. The number of nitrogens with one attached hydrogen (secondary N) is 1. The molecule has 0 saturated carbocycles. The van der Waals surface area contributed by atoms with E-state index in [0.29, 0.717) is 0 Å². The van der Waals surface area contributed by atoms with Gasteiger partial charge in [-0.25, -0.2) is 0 Å². The van der Waals surface area contributed by atoms with E-state index in [2.05, 4.69) is 29.9 Å². The van der Waals surface area contributed by atoms with E-state index in [4.69, 9.17) is 5.73 Å². The minimum atomic E-state index is 0.204. The molecule has 0 bridgehead atoms. The number of nitrogens with two attached hydrogens (primary N) is 1. The highest BCUT2D eigenvalue weighted by atomic mass is 15.2. The first kappa shape index (κ1) is 10.7. The van der Waals surface area contributed by atoms with E-state index < -0.39 is 0 Å². The first-order valence-corrected chi connectivity index (χ1v) is 4.87. The van der Waals surface area contributed by atoms with Crippen LogP contribution in [-0.2, 0) is 0 Å². The molecule has 0 aromatic rings. The third-order valence-corrected chi connectivity index (χ3v) is 3.05. The maximum atomic E-state index is 5.96. The molecule has 2 unspecified atom stereocenters. The molecule has 0 aromatic heterocycles. The van der Waals surface area contributed by atoms with Crippen LogP contribution in [0.15, 0.2) is 12.7 Å². The number of likely N-dealkylation sites (tertiary alicyclic amines) is 1. The number of rotatable bonds is 4. The average Bonchev–Trinajstić information content (AvgIpc) is 2.40. The summed E-state index contributed by atoms with van der Waals surface area (Å²) in [7, 11) is 4.06. The molecule has 3 nitrogen and oxygen atoms in total. The van der Waals surface area contributed by atoms with E-state index in [1.54, 1.807) is 0 Å². The summed E-state index contributed by atoms with van der Waals surface area (Å²) in [4.78, 5) is 2.21. The Balaban J connectivity index is 2.56. The minimum absolute atomic E-state index is 0.204. The fourth-order valence-electron chi connectivity index (χ4n) is 2.06. The van der Waals surface area contributed by atoms with Crippen molar-refractivity contribution < 1.29 is 0 Å². The standard InChI is InChI=1S/C10H21N3/c1-4-10(5-6-12-2)7-9(11)13(3)8-10/h4,9,12H,1,5-8,11H2,2-3H3. The minimum Gasteiger partial charge on any atom is -0.320 e. The maximum absolute atomic E-state index is 5.96. The van der Waals surface area contributed by atoms with Gasteiger partial charge in [0.15, 0.2) is 0 Å². The monoisotopic (exact) mass is 183 g/mol. The fourth-order valence-corrected chi connectivity index (χ4v) is 2.06. The molecule has 1 rings (SSSR count). The lowest BCUT2D eigenvalue weighted by molar-refractivity contribution is 0.298. The molecule has 76 valence electrons. The molecular formula is C10H21N3. The molecule has 0 aromatic carbocycles. The van der Waals surface area contributed by atoms with Crippen LogP contribution in [-0.4, -0.2) is 38.3 Å². The molecule has 0 radical (unpaired) electrons. The van der Waals surface area contributed by atoms with Gasteiger partial charge < -0.3 is 11.1 Å². The van der Waals surface area contributed by atoms with Crippen LogP contribution >= 0.6 is 0 Å². The van der Waals surface area contributed by atoms with Crippen LogP contribution in [0.4, 0.5) is 0 Å². The lowest BCUT2D eigenvalue weighted by atomic mass is 9.83. The van der Waals surface area contributed by atoms with Crippen LogP contribution in [0.2, 0.25) is 0 Å². The molecule has 2 atom stereocenters. The van der Waals surface area contributed by atoms with Gasteiger partial charge in [0.05, 0.1) is 6.17 Å². The largest absolute Gasteiger partial charge is 0.320 e. The smallest absolute Gasteiger partial charge is 0.0578 e. The van der Waals surface area contributed by atoms with Crippen LogP contribution in [0.25, 0.3) is 0 Å². The summed E-state index contributed by atoms with van der Waals surface area (Å²) >= 11 is 0. The summed E-state index contributed by atoms with van der Waals surface area (Å²) in [5.41, 5.74) is 6.19. The Labute approximate surface area is 81.0 Å². The van der Waals surface area contributed by atoms with Crippen LogP contribution in [0.5, 0.6) is 0 Å².